The van der Waals surface area contributed by atoms with Gasteiger partial charge in [-0.1, -0.05) is 17.4 Å². The lowest BCUT2D eigenvalue weighted by atomic mass is 10.2. The van der Waals surface area contributed by atoms with E-state index in [0.29, 0.717) is 18.9 Å². The van der Waals surface area contributed by atoms with Crippen molar-refractivity contribution < 1.29 is 4.79 Å². The normalized spacial score (nSPS) is 14.4. The zero-order chi connectivity index (χ0) is 15.6. The van der Waals surface area contributed by atoms with Gasteiger partial charge in [-0.2, -0.15) is 9.61 Å². The molecule has 0 saturated heterocycles. The first kappa shape index (κ1) is 14.8. The van der Waals surface area contributed by atoms with Crippen LogP contribution in [0.1, 0.15) is 40.9 Å². The minimum Gasteiger partial charge on any atom is -0.356 e. The molecule has 4 rings (SSSR count). The van der Waals surface area contributed by atoms with E-state index in [4.69, 9.17) is 0 Å². The molecular formula is C15H17N5OS2. The van der Waals surface area contributed by atoms with Crippen LogP contribution in [0.4, 0.5) is 0 Å². The van der Waals surface area contributed by atoms with Crippen LogP contribution >= 0.6 is 22.7 Å². The first-order chi connectivity index (χ1) is 11.3. The summed E-state index contributed by atoms with van der Waals surface area (Å²) in [6.07, 6.45) is 4.47. The quantitative estimate of drug-likeness (QED) is 0.712. The van der Waals surface area contributed by atoms with Crippen molar-refractivity contribution in [2.24, 2.45) is 0 Å². The molecule has 6 nitrogen and oxygen atoms in total. The molecule has 0 radical (unpaired) electrons. The maximum atomic E-state index is 11.9. The van der Waals surface area contributed by atoms with E-state index in [2.05, 4.69) is 26.7 Å². The highest BCUT2D eigenvalue weighted by molar-refractivity contribution is 7.16. The number of hydrogen-bond donors (Lipinski definition) is 1. The Kier molecular flexibility index (Phi) is 4.09. The second-order valence-corrected chi connectivity index (χ2v) is 7.77. The van der Waals surface area contributed by atoms with Gasteiger partial charge in [0.15, 0.2) is 5.82 Å². The van der Waals surface area contributed by atoms with E-state index in [-0.39, 0.29) is 5.91 Å². The number of aryl methyl sites for hydroxylation is 1. The Morgan fingerprint density at radius 2 is 2.26 bits per heavy atom. The number of hydrogen-bond acceptors (Lipinski definition) is 6. The Bertz CT molecular complexity index is 803. The minimum absolute atomic E-state index is 0.0973. The molecule has 0 aromatic carbocycles. The van der Waals surface area contributed by atoms with Crippen LogP contribution in [0.2, 0.25) is 0 Å². The largest absolute Gasteiger partial charge is 0.356 e. The van der Waals surface area contributed by atoms with E-state index in [9.17, 15) is 4.79 Å². The van der Waals surface area contributed by atoms with Gasteiger partial charge in [-0.05, 0) is 30.7 Å². The van der Waals surface area contributed by atoms with E-state index < -0.39 is 0 Å². The summed E-state index contributed by atoms with van der Waals surface area (Å²) in [5.74, 6) is 1.62. The van der Waals surface area contributed by atoms with Crippen LogP contribution in [0.25, 0.3) is 4.96 Å². The van der Waals surface area contributed by atoms with Gasteiger partial charge in [0.25, 0.3) is 0 Å². The van der Waals surface area contributed by atoms with Gasteiger partial charge >= 0.3 is 0 Å². The van der Waals surface area contributed by atoms with E-state index in [1.54, 1.807) is 22.7 Å². The standard InChI is InChI=1S/C15H17N5OS2/c21-12(6-5-11-2-1-9-22-11)16-8-7-13-19-20-14(10-3-4-10)17-18-15(20)23-13/h1-2,9-10H,3-8H2,(H,16,21). The minimum atomic E-state index is 0.0973. The molecule has 1 amide bonds. The molecule has 3 aromatic heterocycles. The summed E-state index contributed by atoms with van der Waals surface area (Å²) in [6, 6.07) is 4.08. The van der Waals surface area contributed by atoms with E-state index in [1.165, 1.54) is 17.7 Å². The fourth-order valence-corrected chi connectivity index (χ4v) is 4.01. The Hall–Kier alpha value is -1.80. The van der Waals surface area contributed by atoms with Gasteiger partial charge in [0, 0.05) is 30.2 Å². The molecular weight excluding hydrogens is 330 g/mol. The number of aromatic nitrogens is 4. The molecule has 1 aliphatic rings. The van der Waals surface area contributed by atoms with Gasteiger partial charge < -0.3 is 5.32 Å². The van der Waals surface area contributed by atoms with Crippen LogP contribution in [0.15, 0.2) is 17.5 Å². The monoisotopic (exact) mass is 347 g/mol. The fourth-order valence-electron chi connectivity index (χ4n) is 2.46. The molecule has 23 heavy (non-hydrogen) atoms. The van der Waals surface area contributed by atoms with E-state index in [0.717, 1.165) is 28.6 Å². The predicted octanol–water partition coefficient (Wildman–Crippen LogP) is 2.42. The SMILES string of the molecule is O=C(CCc1cccs1)NCCc1nn2c(C3CC3)nnc2s1. The Balaban J connectivity index is 1.26. The van der Waals surface area contributed by atoms with Gasteiger partial charge in [-0.3, -0.25) is 4.79 Å². The first-order valence-electron chi connectivity index (χ1n) is 7.79. The number of thiophene rings is 1. The van der Waals surface area contributed by atoms with Crippen molar-refractivity contribution >= 4 is 33.5 Å². The maximum absolute atomic E-state index is 11.9. The lowest BCUT2D eigenvalue weighted by Crippen LogP contribution is -2.25. The smallest absolute Gasteiger partial charge is 0.234 e. The van der Waals surface area contributed by atoms with Crippen LogP contribution in [0, 0.1) is 0 Å². The zero-order valence-corrected chi connectivity index (χ0v) is 14.2. The van der Waals surface area contributed by atoms with Crippen molar-refractivity contribution in [1.82, 2.24) is 25.1 Å². The summed E-state index contributed by atoms with van der Waals surface area (Å²) < 4.78 is 1.87. The second-order valence-electron chi connectivity index (χ2n) is 5.70. The molecule has 3 heterocycles. The Labute approximate surface area is 141 Å². The third-order valence-electron chi connectivity index (χ3n) is 3.84. The molecule has 0 unspecified atom stereocenters. The van der Waals surface area contributed by atoms with Crippen molar-refractivity contribution in [2.75, 3.05) is 6.54 Å². The molecule has 1 N–H and O–H groups in total. The molecule has 1 aliphatic carbocycles. The van der Waals surface area contributed by atoms with E-state index in [1.807, 2.05) is 16.0 Å². The van der Waals surface area contributed by atoms with Crippen LogP contribution in [-0.2, 0) is 17.6 Å². The number of carbonyl (C=O) groups excluding carboxylic acids is 1. The zero-order valence-electron chi connectivity index (χ0n) is 12.6. The number of amides is 1. The average Bonchev–Trinajstić information content (AvgIpc) is 2.97. The van der Waals surface area contributed by atoms with Crippen LogP contribution < -0.4 is 5.32 Å². The van der Waals surface area contributed by atoms with Gasteiger partial charge in [-0.25, -0.2) is 0 Å². The topological polar surface area (TPSA) is 72.2 Å². The number of rotatable bonds is 7. The number of carbonyl (C=O) groups is 1. The Morgan fingerprint density at radius 1 is 1.35 bits per heavy atom. The molecule has 0 spiro atoms. The maximum Gasteiger partial charge on any atom is 0.234 e. The number of nitrogens with zero attached hydrogens (tertiary/aromatic N) is 4. The van der Waals surface area contributed by atoms with Crippen molar-refractivity contribution in [2.45, 2.75) is 38.0 Å². The van der Waals surface area contributed by atoms with Gasteiger partial charge in [-0.15, -0.1) is 21.5 Å². The average molecular weight is 347 g/mol. The summed E-state index contributed by atoms with van der Waals surface area (Å²) >= 11 is 3.25. The molecule has 3 aromatic rings. The number of fused-ring (bicyclic) bond motifs is 1. The summed E-state index contributed by atoms with van der Waals surface area (Å²) in [5.41, 5.74) is 0. The van der Waals surface area contributed by atoms with Crippen molar-refractivity contribution in [3.8, 4) is 0 Å². The third kappa shape index (κ3) is 3.42. The molecule has 0 bridgehead atoms. The highest BCUT2D eigenvalue weighted by atomic mass is 32.1. The molecule has 8 heteroatoms. The highest BCUT2D eigenvalue weighted by Gasteiger charge is 2.29. The van der Waals surface area contributed by atoms with Gasteiger partial charge in [0.2, 0.25) is 10.9 Å². The number of nitrogens with one attached hydrogen (secondary N) is 1. The second kappa shape index (κ2) is 6.37. The molecule has 0 atom stereocenters. The van der Waals surface area contributed by atoms with Crippen molar-refractivity contribution in [3.05, 3.63) is 33.2 Å². The predicted molar refractivity (Wildman–Crippen MR) is 90.0 cm³/mol. The van der Waals surface area contributed by atoms with E-state index >= 15 is 0 Å². The van der Waals surface area contributed by atoms with Gasteiger partial charge in [0.1, 0.15) is 5.01 Å². The van der Waals surface area contributed by atoms with Gasteiger partial charge in [0.05, 0.1) is 0 Å². The van der Waals surface area contributed by atoms with Crippen LogP contribution in [-0.4, -0.2) is 32.3 Å². The van der Waals surface area contributed by atoms with Crippen molar-refractivity contribution in [3.63, 3.8) is 0 Å². The molecule has 1 fully saturated rings. The Morgan fingerprint density at radius 3 is 3.04 bits per heavy atom. The van der Waals surface area contributed by atoms with Crippen LogP contribution in [0.3, 0.4) is 0 Å². The summed E-state index contributed by atoms with van der Waals surface area (Å²) in [4.78, 5) is 14.0. The highest BCUT2D eigenvalue weighted by Crippen LogP contribution is 2.39. The summed E-state index contributed by atoms with van der Waals surface area (Å²) in [6.45, 7) is 0.617. The fraction of sp³-hybridized carbons (Fsp3) is 0.467. The summed E-state index contributed by atoms with van der Waals surface area (Å²) in [7, 11) is 0. The molecule has 1 saturated carbocycles. The first-order valence-corrected chi connectivity index (χ1v) is 9.49. The van der Waals surface area contributed by atoms with Crippen LogP contribution in [0.5, 0.6) is 0 Å². The molecule has 120 valence electrons. The lowest BCUT2D eigenvalue weighted by molar-refractivity contribution is -0.121. The third-order valence-corrected chi connectivity index (χ3v) is 5.73. The van der Waals surface area contributed by atoms with Crippen molar-refractivity contribution in [1.29, 1.82) is 0 Å². The molecule has 0 aliphatic heterocycles. The summed E-state index contributed by atoms with van der Waals surface area (Å²) in [5, 5.41) is 19.0. The lowest BCUT2D eigenvalue weighted by Gasteiger charge is -2.02.